The molecule has 1 aliphatic carbocycles. The highest BCUT2D eigenvalue weighted by atomic mass is 16.5. The number of aliphatic hydroxyl groups is 1. The average molecular weight is 215 g/mol. The first-order chi connectivity index (χ1) is 7.09. The van der Waals surface area contributed by atoms with Crippen molar-refractivity contribution in [3.05, 3.63) is 0 Å². The summed E-state index contributed by atoms with van der Waals surface area (Å²) in [6.07, 6.45) is 5.30. The van der Waals surface area contributed by atoms with Gasteiger partial charge in [-0.25, -0.2) is 0 Å². The molecule has 0 spiro atoms. The molecule has 3 heteroatoms. The standard InChI is InChI=1S/C12H25NO2/c1-4-13-12(3,9-14)8-10(2)15-11-6-5-7-11/h10-11,13-14H,4-9H2,1-3H3. The third-order valence-corrected chi connectivity index (χ3v) is 3.17. The molecule has 2 atom stereocenters. The van der Waals surface area contributed by atoms with E-state index >= 15 is 0 Å². The number of hydrogen-bond donors (Lipinski definition) is 2. The lowest BCUT2D eigenvalue weighted by Gasteiger charge is -2.35. The molecule has 1 saturated carbocycles. The van der Waals surface area contributed by atoms with Crippen molar-refractivity contribution in [2.75, 3.05) is 13.2 Å². The Hall–Kier alpha value is -0.120. The molecule has 15 heavy (non-hydrogen) atoms. The fourth-order valence-electron chi connectivity index (χ4n) is 2.14. The molecular formula is C12H25NO2. The molecule has 1 rings (SSSR count). The molecule has 0 amide bonds. The van der Waals surface area contributed by atoms with Crippen LogP contribution in [0.25, 0.3) is 0 Å². The zero-order chi connectivity index (χ0) is 11.3. The molecule has 0 saturated heterocycles. The van der Waals surface area contributed by atoms with Gasteiger partial charge in [0.05, 0.1) is 18.8 Å². The number of hydrogen-bond acceptors (Lipinski definition) is 3. The second-order valence-corrected chi connectivity index (χ2v) is 4.95. The van der Waals surface area contributed by atoms with Crippen molar-refractivity contribution in [1.82, 2.24) is 5.32 Å². The van der Waals surface area contributed by atoms with E-state index in [0.717, 1.165) is 13.0 Å². The summed E-state index contributed by atoms with van der Waals surface area (Å²) < 4.78 is 5.88. The van der Waals surface area contributed by atoms with E-state index in [9.17, 15) is 5.11 Å². The third kappa shape index (κ3) is 4.09. The van der Waals surface area contributed by atoms with Gasteiger partial charge in [-0.2, -0.15) is 0 Å². The Labute approximate surface area is 93.2 Å². The Balaban J connectivity index is 2.28. The number of rotatable bonds is 7. The van der Waals surface area contributed by atoms with Crippen molar-refractivity contribution in [2.24, 2.45) is 0 Å². The highest BCUT2D eigenvalue weighted by Crippen LogP contribution is 2.25. The van der Waals surface area contributed by atoms with Gasteiger partial charge in [0.2, 0.25) is 0 Å². The van der Waals surface area contributed by atoms with Gasteiger partial charge in [0.25, 0.3) is 0 Å². The Morgan fingerprint density at radius 2 is 2.20 bits per heavy atom. The second kappa shape index (κ2) is 5.83. The smallest absolute Gasteiger partial charge is 0.0611 e. The maximum absolute atomic E-state index is 9.35. The number of likely N-dealkylation sites (N-methyl/N-ethyl adjacent to an activating group) is 1. The van der Waals surface area contributed by atoms with E-state index in [0.29, 0.717) is 6.10 Å². The molecule has 0 aromatic rings. The molecule has 90 valence electrons. The van der Waals surface area contributed by atoms with E-state index in [1.165, 1.54) is 19.3 Å². The van der Waals surface area contributed by atoms with Gasteiger partial charge in [-0.15, -0.1) is 0 Å². The predicted octanol–water partition coefficient (Wildman–Crippen LogP) is 1.69. The quantitative estimate of drug-likeness (QED) is 0.679. The summed E-state index contributed by atoms with van der Waals surface area (Å²) in [4.78, 5) is 0. The van der Waals surface area contributed by atoms with Gasteiger partial charge in [-0.1, -0.05) is 6.92 Å². The van der Waals surface area contributed by atoms with Crippen LogP contribution in [0.3, 0.4) is 0 Å². The molecule has 0 aromatic carbocycles. The van der Waals surface area contributed by atoms with Crippen LogP contribution in [-0.4, -0.2) is 36.0 Å². The molecular weight excluding hydrogens is 190 g/mol. The summed E-state index contributed by atoms with van der Waals surface area (Å²) >= 11 is 0. The zero-order valence-corrected chi connectivity index (χ0v) is 10.3. The number of ether oxygens (including phenoxy) is 1. The van der Waals surface area contributed by atoms with Crippen molar-refractivity contribution in [3.63, 3.8) is 0 Å². The van der Waals surface area contributed by atoms with Gasteiger partial charge in [0.15, 0.2) is 0 Å². The lowest BCUT2D eigenvalue weighted by Crippen LogP contribution is -2.48. The molecule has 0 aromatic heterocycles. The van der Waals surface area contributed by atoms with Gasteiger partial charge in [-0.3, -0.25) is 0 Å². The summed E-state index contributed by atoms with van der Waals surface area (Å²) in [5.74, 6) is 0. The fraction of sp³-hybridized carbons (Fsp3) is 1.00. The fourth-order valence-corrected chi connectivity index (χ4v) is 2.14. The van der Waals surface area contributed by atoms with Crippen molar-refractivity contribution in [3.8, 4) is 0 Å². The van der Waals surface area contributed by atoms with Crippen LogP contribution in [0.1, 0.15) is 46.5 Å². The van der Waals surface area contributed by atoms with E-state index in [1.54, 1.807) is 0 Å². The van der Waals surface area contributed by atoms with Crippen molar-refractivity contribution in [1.29, 1.82) is 0 Å². The van der Waals surface area contributed by atoms with E-state index in [1.807, 2.05) is 0 Å². The van der Waals surface area contributed by atoms with E-state index < -0.39 is 0 Å². The van der Waals surface area contributed by atoms with Crippen LogP contribution >= 0.6 is 0 Å². The normalized spacial score (nSPS) is 23.2. The lowest BCUT2D eigenvalue weighted by atomic mass is 9.93. The Morgan fingerprint density at radius 1 is 1.53 bits per heavy atom. The zero-order valence-electron chi connectivity index (χ0n) is 10.3. The first-order valence-electron chi connectivity index (χ1n) is 6.11. The predicted molar refractivity (Wildman–Crippen MR) is 62.0 cm³/mol. The summed E-state index contributed by atoms with van der Waals surface area (Å²) in [7, 11) is 0. The molecule has 1 aliphatic rings. The van der Waals surface area contributed by atoms with E-state index in [4.69, 9.17) is 4.74 Å². The maximum atomic E-state index is 9.35. The van der Waals surface area contributed by atoms with Gasteiger partial charge >= 0.3 is 0 Å². The van der Waals surface area contributed by atoms with Crippen molar-refractivity contribution >= 4 is 0 Å². The minimum Gasteiger partial charge on any atom is -0.394 e. The number of aliphatic hydroxyl groups excluding tert-OH is 1. The third-order valence-electron chi connectivity index (χ3n) is 3.17. The molecule has 2 unspecified atom stereocenters. The molecule has 2 N–H and O–H groups in total. The minimum absolute atomic E-state index is 0.166. The van der Waals surface area contributed by atoms with Crippen LogP contribution in [-0.2, 0) is 4.74 Å². The largest absolute Gasteiger partial charge is 0.394 e. The van der Waals surface area contributed by atoms with Gasteiger partial charge in [-0.05, 0) is 46.1 Å². The second-order valence-electron chi connectivity index (χ2n) is 4.95. The molecule has 0 aliphatic heterocycles. The van der Waals surface area contributed by atoms with Crippen LogP contribution in [0.2, 0.25) is 0 Å². The van der Waals surface area contributed by atoms with Crippen LogP contribution in [0.5, 0.6) is 0 Å². The highest BCUT2D eigenvalue weighted by molar-refractivity contribution is 4.84. The summed E-state index contributed by atoms with van der Waals surface area (Å²) in [5, 5.41) is 12.7. The van der Waals surface area contributed by atoms with Crippen LogP contribution in [0.4, 0.5) is 0 Å². The van der Waals surface area contributed by atoms with Crippen LogP contribution < -0.4 is 5.32 Å². The average Bonchev–Trinajstić information content (AvgIpc) is 2.12. The van der Waals surface area contributed by atoms with Gasteiger partial charge in [0, 0.05) is 5.54 Å². The molecule has 1 fully saturated rings. The van der Waals surface area contributed by atoms with E-state index in [-0.39, 0.29) is 18.2 Å². The maximum Gasteiger partial charge on any atom is 0.0611 e. The number of nitrogens with one attached hydrogen (secondary N) is 1. The summed E-state index contributed by atoms with van der Waals surface area (Å²) in [5.41, 5.74) is -0.197. The van der Waals surface area contributed by atoms with Crippen LogP contribution in [0.15, 0.2) is 0 Å². The Bertz CT molecular complexity index is 182. The Kier molecular flexibility index (Phi) is 5.03. The Morgan fingerprint density at radius 3 is 2.60 bits per heavy atom. The topological polar surface area (TPSA) is 41.5 Å². The summed E-state index contributed by atoms with van der Waals surface area (Å²) in [6, 6.07) is 0. The van der Waals surface area contributed by atoms with Gasteiger partial charge < -0.3 is 15.2 Å². The SMILES string of the molecule is CCNC(C)(CO)CC(C)OC1CCC1. The van der Waals surface area contributed by atoms with Crippen molar-refractivity contribution < 1.29 is 9.84 Å². The highest BCUT2D eigenvalue weighted by Gasteiger charge is 2.27. The minimum atomic E-state index is -0.197. The summed E-state index contributed by atoms with van der Waals surface area (Å²) in [6.45, 7) is 7.26. The van der Waals surface area contributed by atoms with Gasteiger partial charge in [0.1, 0.15) is 0 Å². The van der Waals surface area contributed by atoms with Crippen molar-refractivity contribution in [2.45, 2.75) is 64.2 Å². The molecule has 0 heterocycles. The molecule has 0 radical (unpaired) electrons. The van der Waals surface area contributed by atoms with E-state index in [2.05, 4.69) is 26.1 Å². The first-order valence-corrected chi connectivity index (χ1v) is 6.11. The molecule has 0 bridgehead atoms. The lowest BCUT2D eigenvalue weighted by molar-refractivity contribution is -0.0584. The van der Waals surface area contributed by atoms with Crippen LogP contribution in [0, 0.1) is 0 Å². The monoisotopic (exact) mass is 215 g/mol. The molecule has 3 nitrogen and oxygen atoms in total. The first kappa shape index (κ1) is 12.9.